The predicted octanol–water partition coefficient (Wildman–Crippen LogP) is 6.50. The summed E-state index contributed by atoms with van der Waals surface area (Å²) < 4.78 is 11.4. The molecule has 1 aromatic rings. The maximum Gasteiger partial charge on any atom is 0.357 e. The van der Waals surface area contributed by atoms with Crippen LogP contribution in [-0.2, 0) is 10.2 Å². The van der Waals surface area contributed by atoms with Crippen molar-refractivity contribution in [2.24, 2.45) is 5.92 Å². The number of nitrogens with one attached hydrogen (secondary N) is 1. The third kappa shape index (κ3) is 6.79. The second-order valence-corrected chi connectivity index (χ2v) is 9.65. The zero-order chi connectivity index (χ0) is 19.7. The van der Waals surface area contributed by atoms with E-state index in [-0.39, 0.29) is 11.0 Å². The highest BCUT2D eigenvalue weighted by Crippen LogP contribution is 2.37. The molecule has 2 fully saturated rings. The fourth-order valence-electron chi connectivity index (χ4n) is 5.23. The zero-order valence-corrected chi connectivity index (χ0v) is 18.0. The molecular weight excluding hydrogens is 350 g/mol. The van der Waals surface area contributed by atoms with Gasteiger partial charge in [-0.1, -0.05) is 71.1 Å². The summed E-state index contributed by atoms with van der Waals surface area (Å²) in [6, 6.07) is 1.64. The maximum atomic E-state index is 11.4. The van der Waals surface area contributed by atoms with E-state index < -0.39 is 0 Å². The fraction of sp³-hybridized carbons (Fsp3) is 0.875. The quantitative estimate of drug-likeness (QED) is 0.637. The molecule has 0 bridgehead atoms. The summed E-state index contributed by atoms with van der Waals surface area (Å²) >= 11 is 0. The largest absolute Gasteiger partial charge is 0.378 e. The molecule has 2 saturated carbocycles. The molecule has 0 aromatic carbocycles. The van der Waals surface area contributed by atoms with Crippen LogP contribution >= 0.6 is 0 Å². The smallest absolute Gasteiger partial charge is 0.357 e. The molecule has 2 aliphatic rings. The highest BCUT2D eigenvalue weighted by atomic mass is 16.5. The van der Waals surface area contributed by atoms with Gasteiger partial charge in [0.15, 0.2) is 0 Å². The van der Waals surface area contributed by atoms with E-state index in [2.05, 4.69) is 12.1 Å². The van der Waals surface area contributed by atoms with Crippen LogP contribution in [0.15, 0.2) is 15.4 Å². The van der Waals surface area contributed by atoms with Gasteiger partial charge in [0.1, 0.15) is 0 Å². The van der Waals surface area contributed by atoms with E-state index in [1.807, 2.05) is 0 Å². The minimum Gasteiger partial charge on any atom is -0.378 e. The van der Waals surface area contributed by atoms with E-state index in [9.17, 15) is 4.79 Å². The lowest BCUT2D eigenvalue weighted by atomic mass is 9.74. The number of ether oxygens (including phenoxy) is 1. The average Bonchev–Trinajstić information content (AvgIpc) is 3.08. The number of hydrogen-bond donors (Lipinski definition) is 1. The van der Waals surface area contributed by atoms with Gasteiger partial charge in [0.05, 0.1) is 11.8 Å². The molecule has 1 heterocycles. The molecule has 2 aliphatic carbocycles. The van der Waals surface area contributed by atoms with E-state index in [1.165, 1.54) is 89.9 Å². The van der Waals surface area contributed by atoms with Gasteiger partial charge < -0.3 is 9.26 Å². The van der Waals surface area contributed by atoms with E-state index in [0.29, 0.717) is 12.0 Å². The first-order valence-electron chi connectivity index (χ1n) is 12.0. The minimum absolute atomic E-state index is 0.0484. The molecule has 1 N–H and O–H groups in total. The zero-order valence-electron chi connectivity index (χ0n) is 18.0. The van der Waals surface area contributed by atoms with Crippen LogP contribution in [0.4, 0.5) is 0 Å². The van der Waals surface area contributed by atoms with Crippen molar-refractivity contribution in [3.05, 3.63) is 22.2 Å². The Kier molecular flexibility index (Phi) is 8.69. The lowest BCUT2D eigenvalue weighted by Gasteiger charge is -2.32. The molecule has 28 heavy (non-hydrogen) atoms. The van der Waals surface area contributed by atoms with Crippen LogP contribution in [0.25, 0.3) is 0 Å². The maximum absolute atomic E-state index is 11.4. The number of hydrogen-bond acceptors (Lipinski definition) is 3. The predicted molar refractivity (Wildman–Crippen MR) is 114 cm³/mol. The second kappa shape index (κ2) is 11.2. The van der Waals surface area contributed by atoms with Gasteiger partial charge >= 0.3 is 5.63 Å². The lowest BCUT2D eigenvalue weighted by Crippen LogP contribution is -2.26. The molecular formula is C24H41NO3. The Morgan fingerprint density at radius 3 is 2.04 bits per heavy atom. The van der Waals surface area contributed by atoms with Crippen molar-refractivity contribution in [3.63, 3.8) is 0 Å². The van der Waals surface area contributed by atoms with Gasteiger partial charge in [-0.3, -0.25) is 0 Å². The van der Waals surface area contributed by atoms with E-state index in [1.54, 1.807) is 6.07 Å². The third-order valence-corrected chi connectivity index (χ3v) is 7.23. The molecule has 3 rings (SSSR count). The Morgan fingerprint density at radius 1 is 0.929 bits per heavy atom. The van der Waals surface area contributed by atoms with Crippen molar-refractivity contribution < 1.29 is 9.26 Å². The Hall–Kier alpha value is -1.03. The van der Waals surface area contributed by atoms with Crippen LogP contribution in [-0.4, -0.2) is 17.9 Å². The van der Waals surface area contributed by atoms with Gasteiger partial charge in [0, 0.05) is 18.1 Å². The summed E-state index contributed by atoms with van der Waals surface area (Å²) in [4.78, 5) is 11.4. The summed E-state index contributed by atoms with van der Waals surface area (Å²) in [5.74, 6) is 0.700. The summed E-state index contributed by atoms with van der Waals surface area (Å²) in [5, 5.41) is 2.86. The van der Waals surface area contributed by atoms with Gasteiger partial charge in [-0.05, 0) is 44.4 Å². The standard InChI is InChI=1S/C24H41NO3/c1-24(22-18-23(26)28-25-22)16-10-12-20(13-11-17-24)19-27-21-14-8-6-4-2-3-5-7-9-15-21/h18,20-21,25H,2-17,19H2,1H3. The first-order valence-corrected chi connectivity index (χ1v) is 12.0. The topological polar surface area (TPSA) is 55.2 Å². The fourth-order valence-corrected chi connectivity index (χ4v) is 5.23. The number of rotatable bonds is 4. The molecule has 0 aliphatic heterocycles. The molecule has 0 atom stereocenters. The Morgan fingerprint density at radius 2 is 1.50 bits per heavy atom. The summed E-state index contributed by atoms with van der Waals surface area (Å²) in [5.41, 5.74) is 0.767. The van der Waals surface area contributed by atoms with Gasteiger partial charge in [-0.25, -0.2) is 9.95 Å². The van der Waals surface area contributed by atoms with Gasteiger partial charge in [-0.15, -0.1) is 0 Å². The van der Waals surface area contributed by atoms with Crippen LogP contribution < -0.4 is 5.63 Å². The average molecular weight is 392 g/mol. The molecule has 0 saturated heterocycles. The summed E-state index contributed by atoms with van der Waals surface area (Å²) in [7, 11) is 0. The van der Waals surface area contributed by atoms with Gasteiger partial charge in [0.2, 0.25) is 0 Å². The summed E-state index contributed by atoms with van der Waals surface area (Å²) in [6.45, 7) is 3.22. The van der Waals surface area contributed by atoms with Crippen molar-refractivity contribution in [3.8, 4) is 0 Å². The highest BCUT2D eigenvalue weighted by molar-refractivity contribution is 5.12. The van der Waals surface area contributed by atoms with Crippen LogP contribution in [0.5, 0.6) is 0 Å². The minimum atomic E-state index is -0.258. The molecule has 0 amide bonds. The van der Waals surface area contributed by atoms with Crippen LogP contribution in [0, 0.1) is 5.92 Å². The Bertz CT molecular complexity index is 583. The van der Waals surface area contributed by atoms with Crippen molar-refractivity contribution >= 4 is 0 Å². The summed E-state index contributed by atoms with van der Waals surface area (Å²) in [6.07, 6.45) is 21.3. The molecule has 4 nitrogen and oxygen atoms in total. The monoisotopic (exact) mass is 391 g/mol. The molecule has 0 unspecified atom stereocenters. The number of H-pyrrole nitrogens is 1. The third-order valence-electron chi connectivity index (χ3n) is 7.23. The molecule has 160 valence electrons. The molecule has 1 aromatic heterocycles. The lowest BCUT2D eigenvalue weighted by molar-refractivity contribution is 0.0101. The number of aromatic amines is 1. The molecule has 0 radical (unpaired) electrons. The SMILES string of the molecule is CC1(c2cc(=O)o[nH]2)CCCC(COC2CCCCCCCCCC2)CCC1. The van der Waals surface area contributed by atoms with Crippen LogP contribution in [0.1, 0.15) is 115 Å². The van der Waals surface area contributed by atoms with E-state index >= 15 is 0 Å². The first kappa shape index (κ1) is 21.7. The molecule has 0 spiro atoms. The van der Waals surface area contributed by atoms with Gasteiger partial charge in [0.25, 0.3) is 0 Å². The first-order chi connectivity index (χ1) is 13.7. The van der Waals surface area contributed by atoms with Crippen molar-refractivity contribution in [1.82, 2.24) is 5.16 Å². The van der Waals surface area contributed by atoms with Gasteiger partial charge in [-0.2, -0.15) is 0 Å². The van der Waals surface area contributed by atoms with E-state index in [0.717, 1.165) is 25.1 Å². The normalized spacial score (nSPS) is 29.5. The Labute approximate surface area is 170 Å². The molecule has 4 heteroatoms. The van der Waals surface area contributed by atoms with Crippen molar-refractivity contribution in [2.75, 3.05) is 6.61 Å². The van der Waals surface area contributed by atoms with Crippen molar-refractivity contribution in [1.29, 1.82) is 0 Å². The number of aromatic nitrogens is 1. The Balaban J connectivity index is 1.43. The van der Waals surface area contributed by atoms with E-state index in [4.69, 9.17) is 9.26 Å². The van der Waals surface area contributed by atoms with Crippen molar-refractivity contribution in [2.45, 2.75) is 121 Å². The van der Waals surface area contributed by atoms with Crippen LogP contribution in [0.3, 0.4) is 0 Å². The highest BCUT2D eigenvalue weighted by Gasteiger charge is 2.31. The van der Waals surface area contributed by atoms with Crippen LogP contribution in [0.2, 0.25) is 0 Å². The second-order valence-electron chi connectivity index (χ2n) is 9.65.